The zero-order valence-corrected chi connectivity index (χ0v) is 16.4. The van der Waals surface area contributed by atoms with Crippen molar-refractivity contribution < 1.29 is 14.2 Å². The fraction of sp³-hybridized carbons (Fsp3) is 0.200. The van der Waals surface area contributed by atoms with Crippen LogP contribution in [0.2, 0.25) is 0 Å². The van der Waals surface area contributed by atoms with E-state index in [2.05, 4.69) is 30.4 Å². The van der Waals surface area contributed by atoms with Gasteiger partial charge in [-0.2, -0.15) is 9.61 Å². The van der Waals surface area contributed by atoms with Crippen molar-refractivity contribution in [2.45, 2.75) is 18.9 Å². The standard InChI is InChI=1S/C20H18FN7O3/c1-31-12-4-5-14(13(21)7-12)24-16-8-17(23-11-2-3-11)28-18(26-16)10(9-22-28)6-15-19(29)27-20(30)25-15/h4-9,11,24,29H,2-3H2,1H3,(H2,25,27,30). The fourth-order valence-electron chi connectivity index (χ4n) is 3.12. The van der Waals surface area contributed by atoms with Crippen LogP contribution in [0, 0.1) is 5.82 Å². The topological polar surface area (TPSA) is 133 Å². The van der Waals surface area contributed by atoms with Gasteiger partial charge in [0.15, 0.2) is 11.1 Å². The van der Waals surface area contributed by atoms with Crippen LogP contribution in [-0.4, -0.2) is 42.8 Å². The number of anilines is 2. The molecule has 0 unspecified atom stereocenters. The Bertz CT molecular complexity index is 1470. The minimum atomic E-state index is -0.532. The van der Waals surface area contributed by atoms with E-state index >= 15 is 0 Å². The average molecular weight is 423 g/mol. The number of rotatable bonds is 5. The van der Waals surface area contributed by atoms with Crippen LogP contribution in [0.25, 0.3) is 11.7 Å². The Hall–Kier alpha value is -4.15. The number of benzene rings is 1. The van der Waals surface area contributed by atoms with E-state index in [0.717, 1.165) is 12.8 Å². The molecule has 1 saturated carbocycles. The molecule has 0 spiro atoms. The smallest absolute Gasteiger partial charge is 0.326 e. The highest BCUT2D eigenvalue weighted by atomic mass is 19.1. The van der Waals surface area contributed by atoms with Crippen molar-refractivity contribution in [3.63, 3.8) is 0 Å². The van der Waals surface area contributed by atoms with E-state index in [1.54, 1.807) is 35.0 Å². The van der Waals surface area contributed by atoms with Crippen molar-refractivity contribution in [2.75, 3.05) is 12.4 Å². The van der Waals surface area contributed by atoms with Crippen LogP contribution < -0.4 is 26.4 Å². The molecule has 0 radical (unpaired) electrons. The summed E-state index contributed by atoms with van der Waals surface area (Å²) in [6.07, 6.45) is 5.09. The second-order valence-electron chi connectivity index (χ2n) is 7.15. The summed E-state index contributed by atoms with van der Waals surface area (Å²) in [7, 11) is 1.47. The van der Waals surface area contributed by atoms with Crippen LogP contribution in [-0.2, 0) is 0 Å². The van der Waals surface area contributed by atoms with Gasteiger partial charge in [0.1, 0.15) is 23.1 Å². The van der Waals surface area contributed by atoms with E-state index < -0.39 is 11.5 Å². The first-order valence-corrected chi connectivity index (χ1v) is 9.56. The molecule has 1 aliphatic carbocycles. The van der Waals surface area contributed by atoms with E-state index in [1.807, 2.05) is 0 Å². The first-order chi connectivity index (χ1) is 15.0. The number of aromatic amines is 2. The first-order valence-electron chi connectivity index (χ1n) is 9.56. The number of halogens is 1. The van der Waals surface area contributed by atoms with Crippen molar-refractivity contribution in [1.29, 1.82) is 0 Å². The molecular formula is C20H18FN7O3. The predicted molar refractivity (Wildman–Crippen MR) is 110 cm³/mol. The second-order valence-corrected chi connectivity index (χ2v) is 7.15. The summed E-state index contributed by atoms with van der Waals surface area (Å²) in [5, 5.41) is 17.7. The molecule has 1 aliphatic rings. The summed E-state index contributed by atoms with van der Waals surface area (Å²) in [4.78, 5) is 25.4. The number of nitrogens with zero attached hydrogens (tertiary/aromatic N) is 4. The molecule has 0 saturated heterocycles. The number of ether oxygens (including phenoxy) is 1. The van der Waals surface area contributed by atoms with Gasteiger partial charge in [-0.1, -0.05) is 0 Å². The van der Waals surface area contributed by atoms with Crippen molar-refractivity contribution in [3.8, 4) is 11.6 Å². The molecule has 5 rings (SSSR count). The zero-order chi connectivity index (χ0) is 21.5. The van der Waals surface area contributed by atoms with E-state index in [1.165, 1.54) is 13.2 Å². The summed E-state index contributed by atoms with van der Waals surface area (Å²) in [5.41, 5.74) is 0.889. The lowest BCUT2D eigenvalue weighted by molar-refractivity contribution is 0.411. The number of aromatic nitrogens is 5. The first kappa shape index (κ1) is 18.9. The molecular weight excluding hydrogens is 405 g/mol. The number of nitrogens with one attached hydrogen (secondary N) is 3. The maximum absolute atomic E-state index is 14.4. The van der Waals surface area contributed by atoms with Gasteiger partial charge in [-0.15, -0.1) is 0 Å². The van der Waals surface area contributed by atoms with Gasteiger partial charge >= 0.3 is 5.69 Å². The highest BCUT2D eigenvalue weighted by Gasteiger charge is 2.20. The predicted octanol–water partition coefficient (Wildman–Crippen LogP) is 0.953. The summed E-state index contributed by atoms with van der Waals surface area (Å²) in [6, 6.07) is 6.39. The van der Waals surface area contributed by atoms with Gasteiger partial charge in [0.2, 0.25) is 5.88 Å². The number of hydrogen-bond acceptors (Lipinski definition) is 7. The van der Waals surface area contributed by atoms with Crippen LogP contribution >= 0.6 is 0 Å². The molecule has 11 heteroatoms. The molecule has 3 heterocycles. The molecule has 10 nitrogen and oxygen atoms in total. The molecule has 0 aliphatic heterocycles. The van der Waals surface area contributed by atoms with E-state index in [4.69, 9.17) is 4.74 Å². The Morgan fingerprint density at radius 3 is 2.87 bits per heavy atom. The van der Waals surface area contributed by atoms with Crippen molar-refractivity contribution in [1.82, 2.24) is 24.6 Å². The molecule has 4 aromatic rings. The van der Waals surface area contributed by atoms with Gasteiger partial charge < -0.3 is 20.1 Å². The monoisotopic (exact) mass is 423 g/mol. The summed E-state index contributed by atoms with van der Waals surface area (Å²) >= 11 is 0. The Balaban J connectivity index is 1.65. The van der Waals surface area contributed by atoms with Crippen LogP contribution in [0.3, 0.4) is 0 Å². The lowest BCUT2D eigenvalue weighted by Crippen LogP contribution is -2.20. The minimum absolute atomic E-state index is 0.196. The van der Waals surface area contributed by atoms with Gasteiger partial charge in [0.05, 0.1) is 25.0 Å². The molecule has 1 fully saturated rings. The van der Waals surface area contributed by atoms with Gasteiger partial charge in [-0.25, -0.2) is 14.2 Å². The Morgan fingerprint density at radius 2 is 2.19 bits per heavy atom. The number of aromatic hydroxyl groups is 1. The summed E-state index contributed by atoms with van der Waals surface area (Å²) in [5.74, 6) is 0.000377. The Kier molecular flexibility index (Phi) is 4.42. The fourth-order valence-corrected chi connectivity index (χ4v) is 3.12. The van der Waals surface area contributed by atoms with E-state index in [-0.39, 0.29) is 23.3 Å². The Labute approximate surface area is 173 Å². The maximum Gasteiger partial charge on any atom is 0.326 e. The summed E-state index contributed by atoms with van der Waals surface area (Å²) in [6.45, 7) is 0. The lowest BCUT2D eigenvalue weighted by atomic mass is 10.3. The highest BCUT2D eigenvalue weighted by Crippen LogP contribution is 2.24. The van der Waals surface area contributed by atoms with E-state index in [0.29, 0.717) is 27.9 Å². The lowest BCUT2D eigenvalue weighted by Gasteiger charge is -2.09. The molecule has 158 valence electrons. The SMILES string of the molecule is COc1ccc(Nc2cc(=NC3CC3)n3ncc(=Cc4[nH]c(=O)[nH]c4O)c3n2)c(F)c1. The molecule has 1 aromatic carbocycles. The van der Waals surface area contributed by atoms with Crippen LogP contribution in [0.1, 0.15) is 18.5 Å². The largest absolute Gasteiger partial charge is 0.497 e. The minimum Gasteiger partial charge on any atom is -0.497 e. The normalized spacial score (nSPS) is 15.0. The van der Waals surface area contributed by atoms with E-state index in [9.17, 15) is 14.3 Å². The van der Waals surface area contributed by atoms with Crippen LogP contribution in [0.15, 0.2) is 40.2 Å². The maximum atomic E-state index is 14.4. The molecule has 3 aromatic heterocycles. The van der Waals surface area contributed by atoms with Crippen molar-refractivity contribution in [2.24, 2.45) is 4.99 Å². The third-order valence-electron chi connectivity index (χ3n) is 4.82. The third-order valence-corrected chi connectivity index (χ3v) is 4.82. The van der Waals surface area contributed by atoms with Crippen LogP contribution in [0.5, 0.6) is 11.6 Å². The van der Waals surface area contributed by atoms with Gasteiger partial charge in [0.25, 0.3) is 0 Å². The molecule has 0 bridgehead atoms. The number of imidazole rings is 1. The van der Waals surface area contributed by atoms with Crippen LogP contribution in [0.4, 0.5) is 15.9 Å². The highest BCUT2D eigenvalue weighted by molar-refractivity contribution is 5.62. The number of fused-ring (bicyclic) bond motifs is 1. The summed E-state index contributed by atoms with van der Waals surface area (Å²) < 4.78 is 21.0. The van der Waals surface area contributed by atoms with Crippen molar-refractivity contribution in [3.05, 3.63) is 63.2 Å². The quantitative estimate of drug-likeness (QED) is 0.378. The number of methoxy groups -OCH3 is 1. The molecule has 0 amide bonds. The number of H-pyrrole nitrogens is 2. The van der Waals surface area contributed by atoms with Gasteiger partial charge in [0, 0.05) is 17.4 Å². The third kappa shape index (κ3) is 3.72. The molecule has 4 N–H and O–H groups in total. The average Bonchev–Trinajstić information content (AvgIpc) is 3.38. The Morgan fingerprint density at radius 1 is 1.35 bits per heavy atom. The molecule has 0 atom stereocenters. The van der Waals surface area contributed by atoms with Gasteiger partial charge in [-0.05, 0) is 31.1 Å². The van der Waals surface area contributed by atoms with Crippen molar-refractivity contribution >= 4 is 23.2 Å². The zero-order valence-electron chi connectivity index (χ0n) is 16.4. The molecule has 31 heavy (non-hydrogen) atoms. The van der Waals surface area contributed by atoms with Gasteiger partial charge in [-0.3, -0.25) is 9.98 Å². The second kappa shape index (κ2) is 7.27. The number of hydrogen-bond donors (Lipinski definition) is 4.